The Balaban J connectivity index is 2.40. The van der Waals surface area contributed by atoms with Crippen LogP contribution in [-0.4, -0.2) is 20.7 Å². The third kappa shape index (κ3) is 2.35. The van der Waals surface area contributed by atoms with E-state index >= 15 is 0 Å². The third-order valence-corrected chi connectivity index (χ3v) is 2.75. The van der Waals surface area contributed by atoms with Gasteiger partial charge in [0.1, 0.15) is 17.1 Å². The Morgan fingerprint density at radius 3 is 2.68 bits per heavy atom. The van der Waals surface area contributed by atoms with E-state index in [9.17, 15) is 14.7 Å². The third-order valence-electron chi connectivity index (χ3n) is 2.75. The van der Waals surface area contributed by atoms with Gasteiger partial charge in [0.05, 0.1) is 0 Å². The van der Waals surface area contributed by atoms with Gasteiger partial charge in [0.25, 0.3) is 11.5 Å². The van der Waals surface area contributed by atoms with Crippen LogP contribution in [0.15, 0.2) is 21.5 Å². The number of hydrogen-bond acceptors (Lipinski definition) is 5. The lowest BCUT2D eigenvalue weighted by Crippen LogP contribution is -2.28. The molecule has 100 valence electrons. The van der Waals surface area contributed by atoms with Crippen molar-refractivity contribution in [3.05, 3.63) is 39.5 Å². The Morgan fingerprint density at radius 1 is 1.42 bits per heavy atom. The van der Waals surface area contributed by atoms with Gasteiger partial charge in [-0.05, 0) is 13.8 Å². The van der Waals surface area contributed by atoms with Gasteiger partial charge in [0, 0.05) is 24.9 Å². The van der Waals surface area contributed by atoms with Crippen molar-refractivity contribution in [2.75, 3.05) is 5.32 Å². The second-order valence-corrected chi connectivity index (χ2v) is 4.19. The van der Waals surface area contributed by atoms with Crippen molar-refractivity contribution in [1.29, 1.82) is 0 Å². The van der Waals surface area contributed by atoms with Crippen LogP contribution >= 0.6 is 0 Å². The van der Waals surface area contributed by atoms with Gasteiger partial charge in [-0.15, -0.1) is 0 Å². The zero-order valence-corrected chi connectivity index (χ0v) is 10.7. The lowest BCUT2D eigenvalue weighted by molar-refractivity contribution is 0.102. The quantitative estimate of drug-likeness (QED) is 0.840. The number of hydrogen-bond donors (Lipinski definition) is 2. The number of rotatable bonds is 2. The Hall–Kier alpha value is -2.57. The molecule has 0 fully saturated rings. The predicted octanol–water partition coefficient (Wildman–Crippen LogP) is 0.948. The molecule has 7 nitrogen and oxygen atoms in total. The number of nitrogens with zero attached hydrogens (tertiary/aromatic N) is 2. The van der Waals surface area contributed by atoms with E-state index in [-0.39, 0.29) is 17.1 Å². The molecule has 2 aromatic heterocycles. The van der Waals surface area contributed by atoms with Gasteiger partial charge >= 0.3 is 0 Å². The van der Waals surface area contributed by atoms with Gasteiger partial charge in [-0.3, -0.25) is 9.59 Å². The molecular formula is C12H13N3O4. The molecule has 0 aliphatic heterocycles. The average molecular weight is 263 g/mol. The molecule has 0 saturated carbocycles. The Labute approximate surface area is 108 Å². The molecule has 0 bridgehead atoms. The minimum atomic E-state index is -0.730. The second kappa shape index (κ2) is 4.60. The summed E-state index contributed by atoms with van der Waals surface area (Å²) in [5.74, 6) is -0.384. The van der Waals surface area contributed by atoms with Crippen molar-refractivity contribution in [3.8, 4) is 5.75 Å². The van der Waals surface area contributed by atoms with Crippen LogP contribution in [0.2, 0.25) is 0 Å². The van der Waals surface area contributed by atoms with Crippen molar-refractivity contribution < 1.29 is 14.4 Å². The second-order valence-electron chi connectivity index (χ2n) is 4.19. The number of carbonyl (C=O) groups is 1. The van der Waals surface area contributed by atoms with Crippen molar-refractivity contribution in [3.63, 3.8) is 0 Å². The molecule has 0 aromatic carbocycles. The number of pyridine rings is 1. The van der Waals surface area contributed by atoms with Gasteiger partial charge in [0.2, 0.25) is 0 Å². The fourth-order valence-electron chi connectivity index (χ4n) is 1.62. The molecule has 0 aliphatic carbocycles. The first-order chi connectivity index (χ1) is 8.90. The van der Waals surface area contributed by atoms with E-state index in [1.54, 1.807) is 13.8 Å². The first-order valence-electron chi connectivity index (χ1n) is 5.54. The van der Waals surface area contributed by atoms with Crippen molar-refractivity contribution in [2.45, 2.75) is 13.8 Å². The Bertz CT molecular complexity index is 699. The predicted molar refractivity (Wildman–Crippen MR) is 67.3 cm³/mol. The monoisotopic (exact) mass is 263 g/mol. The number of carbonyl (C=O) groups excluding carboxylic acids is 1. The normalized spacial score (nSPS) is 10.5. The van der Waals surface area contributed by atoms with E-state index in [4.69, 9.17) is 4.52 Å². The number of anilines is 1. The maximum atomic E-state index is 12.0. The van der Waals surface area contributed by atoms with Crippen LogP contribution in [0.25, 0.3) is 0 Å². The molecule has 0 atom stereocenters. The molecule has 0 unspecified atom stereocenters. The first-order valence-corrected chi connectivity index (χ1v) is 5.54. The van der Waals surface area contributed by atoms with Crippen LogP contribution in [0.1, 0.15) is 21.8 Å². The smallest absolute Gasteiger partial charge is 0.267 e. The van der Waals surface area contributed by atoms with Gasteiger partial charge in [-0.2, -0.15) is 0 Å². The number of aromatic nitrogens is 2. The molecule has 1 amide bonds. The van der Waals surface area contributed by atoms with Crippen molar-refractivity contribution in [2.24, 2.45) is 7.05 Å². The molecule has 2 rings (SSSR count). The molecule has 0 spiro atoms. The Morgan fingerprint density at radius 2 is 2.11 bits per heavy atom. The summed E-state index contributed by atoms with van der Waals surface area (Å²) in [4.78, 5) is 23.9. The van der Waals surface area contributed by atoms with Gasteiger partial charge in [0.15, 0.2) is 5.82 Å². The van der Waals surface area contributed by atoms with Crippen molar-refractivity contribution >= 4 is 11.7 Å². The minimum absolute atomic E-state index is 0.185. The standard InChI is InChI=1S/C12H13N3O4/c1-6-4-8(16)10(12(18)15(6)3)11(17)13-9-5-7(2)19-14-9/h4-5,16H,1-3H3,(H,13,14,17). The molecule has 0 aliphatic rings. The molecule has 2 heterocycles. The van der Waals surface area contributed by atoms with Crippen molar-refractivity contribution in [1.82, 2.24) is 9.72 Å². The number of aromatic hydroxyl groups is 1. The highest BCUT2D eigenvalue weighted by atomic mass is 16.5. The molecule has 2 N–H and O–H groups in total. The number of aryl methyl sites for hydroxylation is 2. The lowest BCUT2D eigenvalue weighted by atomic mass is 10.2. The zero-order chi connectivity index (χ0) is 14.2. The summed E-state index contributed by atoms with van der Waals surface area (Å²) in [7, 11) is 1.52. The van der Waals surface area contributed by atoms with Gasteiger partial charge < -0.3 is 19.5 Å². The number of nitrogens with one attached hydrogen (secondary N) is 1. The number of amides is 1. The van der Waals surface area contributed by atoms with Crippen LogP contribution in [0.4, 0.5) is 5.82 Å². The van der Waals surface area contributed by atoms with Crippen LogP contribution < -0.4 is 10.9 Å². The van der Waals surface area contributed by atoms with E-state index in [1.807, 2.05) is 0 Å². The molecular weight excluding hydrogens is 250 g/mol. The van der Waals surface area contributed by atoms with E-state index in [1.165, 1.54) is 23.7 Å². The summed E-state index contributed by atoms with van der Waals surface area (Å²) in [6.45, 7) is 3.33. The van der Waals surface area contributed by atoms with Crippen LogP contribution in [-0.2, 0) is 7.05 Å². The molecule has 2 aromatic rings. The molecule has 0 saturated heterocycles. The van der Waals surface area contributed by atoms with Gasteiger partial charge in [-0.25, -0.2) is 0 Å². The maximum absolute atomic E-state index is 12.0. The van der Waals surface area contributed by atoms with E-state index < -0.39 is 11.5 Å². The van der Waals surface area contributed by atoms with Crippen LogP contribution in [0, 0.1) is 13.8 Å². The fourth-order valence-corrected chi connectivity index (χ4v) is 1.62. The molecule has 7 heteroatoms. The summed E-state index contributed by atoms with van der Waals surface area (Å²) in [5.41, 5.74) is -0.347. The summed E-state index contributed by atoms with van der Waals surface area (Å²) in [6.07, 6.45) is 0. The average Bonchev–Trinajstić information content (AvgIpc) is 2.72. The SMILES string of the molecule is Cc1cc(NC(=O)c2c(O)cc(C)n(C)c2=O)no1. The maximum Gasteiger partial charge on any atom is 0.267 e. The highest BCUT2D eigenvalue weighted by molar-refractivity contribution is 6.05. The fraction of sp³-hybridized carbons (Fsp3) is 0.250. The largest absolute Gasteiger partial charge is 0.507 e. The van der Waals surface area contributed by atoms with Gasteiger partial charge in [-0.1, -0.05) is 5.16 Å². The Kier molecular flexibility index (Phi) is 3.12. The van der Waals surface area contributed by atoms with Crippen LogP contribution in [0.3, 0.4) is 0 Å². The molecule has 0 radical (unpaired) electrons. The molecule has 19 heavy (non-hydrogen) atoms. The van der Waals surface area contributed by atoms with E-state index in [0.29, 0.717) is 11.5 Å². The summed E-state index contributed by atoms with van der Waals surface area (Å²) >= 11 is 0. The zero-order valence-electron chi connectivity index (χ0n) is 10.7. The lowest BCUT2D eigenvalue weighted by Gasteiger charge is -2.08. The minimum Gasteiger partial charge on any atom is -0.507 e. The van der Waals surface area contributed by atoms with E-state index in [2.05, 4.69) is 10.5 Å². The highest BCUT2D eigenvalue weighted by Gasteiger charge is 2.19. The summed E-state index contributed by atoms with van der Waals surface area (Å²) in [5, 5.41) is 15.7. The van der Waals surface area contributed by atoms with Crippen LogP contribution in [0.5, 0.6) is 5.75 Å². The topological polar surface area (TPSA) is 97.4 Å². The van der Waals surface area contributed by atoms with E-state index in [0.717, 1.165) is 0 Å². The summed E-state index contributed by atoms with van der Waals surface area (Å²) in [6, 6.07) is 2.86. The summed E-state index contributed by atoms with van der Waals surface area (Å²) < 4.78 is 6.07. The first kappa shape index (κ1) is 12.9. The highest BCUT2D eigenvalue weighted by Crippen LogP contribution is 2.16.